The van der Waals surface area contributed by atoms with E-state index < -0.39 is 0 Å². The number of nitrogens with one attached hydrogen (secondary N) is 1. The monoisotopic (exact) mass is 303 g/mol. The molecule has 1 heterocycles. The Morgan fingerprint density at radius 1 is 0.870 bits per heavy atom. The largest absolute Gasteiger partial charge is 0.369 e. The highest BCUT2D eigenvalue weighted by Gasteiger charge is 2.13. The van der Waals surface area contributed by atoms with Crippen molar-refractivity contribution in [1.82, 2.24) is 9.97 Å². The number of benzene rings is 2. The van der Waals surface area contributed by atoms with Crippen LogP contribution in [0, 0.1) is 0 Å². The van der Waals surface area contributed by atoms with Gasteiger partial charge in [0.05, 0.1) is 0 Å². The summed E-state index contributed by atoms with van der Waals surface area (Å²) in [7, 11) is 0. The van der Waals surface area contributed by atoms with Gasteiger partial charge >= 0.3 is 0 Å². The Kier molecular flexibility index (Phi) is 4.99. The van der Waals surface area contributed by atoms with E-state index >= 15 is 0 Å². The van der Waals surface area contributed by atoms with Gasteiger partial charge in [-0.3, -0.25) is 0 Å². The SMILES string of the molecule is CCc1cc(NCC(c2ccccc2)c2ccccc2)ncn1. The summed E-state index contributed by atoms with van der Waals surface area (Å²) in [5.74, 6) is 1.17. The molecule has 0 radical (unpaired) electrons. The summed E-state index contributed by atoms with van der Waals surface area (Å²) < 4.78 is 0. The lowest BCUT2D eigenvalue weighted by molar-refractivity contribution is 0.845. The van der Waals surface area contributed by atoms with Crippen LogP contribution >= 0.6 is 0 Å². The number of hydrogen-bond donors (Lipinski definition) is 1. The van der Waals surface area contributed by atoms with Crippen LogP contribution in [-0.4, -0.2) is 16.5 Å². The van der Waals surface area contributed by atoms with Crippen LogP contribution in [0.25, 0.3) is 0 Å². The minimum Gasteiger partial charge on any atom is -0.369 e. The molecule has 0 aliphatic rings. The van der Waals surface area contributed by atoms with E-state index in [1.54, 1.807) is 6.33 Å². The molecule has 3 heteroatoms. The second kappa shape index (κ2) is 7.54. The van der Waals surface area contributed by atoms with Crippen molar-refractivity contribution in [3.63, 3.8) is 0 Å². The molecule has 0 unspecified atom stereocenters. The normalized spacial score (nSPS) is 10.7. The first-order valence-electron chi connectivity index (χ1n) is 8.01. The van der Waals surface area contributed by atoms with E-state index in [2.05, 4.69) is 82.9 Å². The molecule has 0 saturated carbocycles. The van der Waals surface area contributed by atoms with Crippen molar-refractivity contribution in [3.8, 4) is 0 Å². The highest BCUT2D eigenvalue weighted by Crippen LogP contribution is 2.24. The van der Waals surface area contributed by atoms with E-state index in [9.17, 15) is 0 Å². The zero-order valence-electron chi connectivity index (χ0n) is 13.3. The molecule has 0 bridgehead atoms. The number of anilines is 1. The molecule has 23 heavy (non-hydrogen) atoms. The van der Waals surface area contributed by atoms with Crippen molar-refractivity contribution >= 4 is 5.82 Å². The van der Waals surface area contributed by atoms with E-state index in [-0.39, 0.29) is 5.92 Å². The Bertz CT molecular complexity index is 687. The molecule has 3 nitrogen and oxygen atoms in total. The highest BCUT2D eigenvalue weighted by atomic mass is 15.0. The molecule has 3 rings (SSSR count). The molecule has 0 saturated heterocycles. The summed E-state index contributed by atoms with van der Waals surface area (Å²) >= 11 is 0. The lowest BCUT2D eigenvalue weighted by atomic mass is 9.91. The van der Waals surface area contributed by atoms with Crippen LogP contribution in [0.2, 0.25) is 0 Å². The second-order valence-corrected chi connectivity index (χ2v) is 5.50. The first-order valence-corrected chi connectivity index (χ1v) is 8.01. The topological polar surface area (TPSA) is 37.8 Å². The fourth-order valence-corrected chi connectivity index (χ4v) is 2.69. The van der Waals surface area contributed by atoms with Gasteiger partial charge in [-0.05, 0) is 17.5 Å². The second-order valence-electron chi connectivity index (χ2n) is 5.50. The van der Waals surface area contributed by atoms with E-state index in [0.717, 1.165) is 24.5 Å². The van der Waals surface area contributed by atoms with Gasteiger partial charge in [-0.1, -0.05) is 67.6 Å². The average molecular weight is 303 g/mol. The summed E-state index contributed by atoms with van der Waals surface area (Å²) in [6.45, 7) is 2.90. The summed E-state index contributed by atoms with van der Waals surface area (Å²) in [6.07, 6.45) is 2.54. The fraction of sp³-hybridized carbons (Fsp3) is 0.200. The fourth-order valence-electron chi connectivity index (χ4n) is 2.69. The van der Waals surface area contributed by atoms with Crippen molar-refractivity contribution in [2.45, 2.75) is 19.3 Å². The molecule has 1 aromatic heterocycles. The van der Waals surface area contributed by atoms with Gasteiger partial charge < -0.3 is 5.32 Å². The predicted molar refractivity (Wildman–Crippen MR) is 94.6 cm³/mol. The minimum atomic E-state index is 0.289. The van der Waals surface area contributed by atoms with Crippen molar-refractivity contribution in [1.29, 1.82) is 0 Å². The van der Waals surface area contributed by atoms with Crippen LogP contribution in [0.1, 0.15) is 29.7 Å². The third-order valence-corrected chi connectivity index (χ3v) is 3.98. The molecule has 0 aliphatic heterocycles. The van der Waals surface area contributed by atoms with Crippen molar-refractivity contribution < 1.29 is 0 Å². The van der Waals surface area contributed by atoms with Gasteiger partial charge in [-0.2, -0.15) is 0 Å². The van der Waals surface area contributed by atoms with Crippen LogP contribution in [0.5, 0.6) is 0 Å². The molecule has 0 aliphatic carbocycles. The molecule has 2 aromatic carbocycles. The Balaban J connectivity index is 1.82. The molecule has 0 fully saturated rings. The maximum absolute atomic E-state index is 4.32. The first kappa shape index (κ1) is 15.2. The highest BCUT2D eigenvalue weighted by molar-refractivity contribution is 5.39. The van der Waals surface area contributed by atoms with Gasteiger partial charge in [0.2, 0.25) is 0 Å². The molecular weight excluding hydrogens is 282 g/mol. The molecule has 3 aromatic rings. The number of aryl methyl sites for hydroxylation is 1. The lowest BCUT2D eigenvalue weighted by Crippen LogP contribution is -2.15. The predicted octanol–water partition coefficient (Wildman–Crippen LogP) is 4.28. The third kappa shape index (κ3) is 3.95. The van der Waals surface area contributed by atoms with E-state index in [4.69, 9.17) is 0 Å². The first-order chi connectivity index (χ1) is 11.4. The number of nitrogens with zero attached hydrogens (tertiary/aromatic N) is 2. The zero-order chi connectivity index (χ0) is 15.9. The van der Waals surface area contributed by atoms with Crippen molar-refractivity contribution in [3.05, 3.63) is 89.9 Å². The lowest BCUT2D eigenvalue weighted by Gasteiger charge is -2.19. The smallest absolute Gasteiger partial charge is 0.129 e. The van der Waals surface area contributed by atoms with Gasteiger partial charge in [0.25, 0.3) is 0 Å². The Hall–Kier alpha value is -2.68. The van der Waals surface area contributed by atoms with Gasteiger partial charge in [0.15, 0.2) is 0 Å². The van der Waals surface area contributed by atoms with Gasteiger partial charge in [0.1, 0.15) is 12.1 Å². The Morgan fingerprint density at radius 2 is 1.48 bits per heavy atom. The van der Waals surface area contributed by atoms with Gasteiger partial charge in [0, 0.05) is 24.2 Å². The van der Waals surface area contributed by atoms with Crippen LogP contribution in [0.15, 0.2) is 73.1 Å². The summed E-state index contributed by atoms with van der Waals surface area (Å²) in [4.78, 5) is 8.57. The Labute approximate surface area is 137 Å². The summed E-state index contributed by atoms with van der Waals surface area (Å²) in [5, 5.41) is 3.47. The molecular formula is C20H21N3. The molecule has 116 valence electrons. The van der Waals surface area contributed by atoms with Crippen LogP contribution < -0.4 is 5.32 Å². The standard InChI is InChI=1S/C20H21N3/c1-2-18-13-20(23-15-22-18)21-14-19(16-9-5-3-6-10-16)17-11-7-4-8-12-17/h3-13,15,19H,2,14H2,1H3,(H,21,22,23). The van der Waals surface area contributed by atoms with Crippen LogP contribution in [-0.2, 0) is 6.42 Å². The van der Waals surface area contributed by atoms with Crippen molar-refractivity contribution in [2.24, 2.45) is 0 Å². The number of aromatic nitrogens is 2. The third-order valence-electron chi connectivity index (χ3n) is 3.98. The maximum Gasteiger partial charge on any atom is 0.129 e. The summed E-state index contributed by atoms with van der Waals surface area (Å²) in [5.41, 5.74) is 3.66. The molecule has 0 spiro atoms. The Morgan fingerprint density at radius 3 is 2.04 bits per heavy atom. The molecule has 0 amide bonds. The van der Waals surface area contributed by atoms with Gasteiger partial charge in [-0.15, -0.1) is 0 Å². The zero-order valence-corrected chi connectivity index (χ0v) is 13.3. The van der Waals surface area contributed by atoms with E-state index in [1.807, 2.05) is 6.07 Å². The number of hydrogen-bond acceptors (Lipinski definition) is 3. The van der Waals surface area contributed by atoms with Crippen LogP contribution in [0.4, 0.5) is 5.82 Å². The van der Waals surface area contributed by atoms with Crippen LogP contribution in [0.3, 0.4) is 0 Å². The average Bonchev–Trinajstić information content (AvgIpc) is 2.64. The van der Waals surface area contributed by atoms with E-state index in [1.165, 1.54) is 11.1 Å². The quantitative estimate of drug-likeness (QED) is 0.738. The van der Waals surface area contributed by atoms with Crippen molar-refractivity contribution in [2.75, 3.05) is 11.9 Å². The van der Waals surface area contributed by atoms with E-state index in [0.29, 0.717) is 0 Å². The minimum absolute atomic E-state index is 0.289. The maximum atomic E-state index is 4.32. The summed E-state index contributed by atoms with van der Waals surface area (Å²) in [6, 6.07) is 23.2. The molecule has 0 atom stereocenters. The van der Waals surface area contributed by atoms with Gasteiger partial charge in [-0.25, -0.2) is 9.97 Å². The molecule has 1 N–H and O–H groups in total. The number of rotatable bonds is 6.